The third-order valence-electron chi connectivity index (χ3n) is 10.9. The van der Waals surface area contributed by atoms with Crippen LogP contribution < -0.4 is 9.80 Å². The minimum Gasteiger partial charge on any atom is -0.508 e. The fourth-order valence-corrected chi connectivity index (χ4v) is 8.21. The summed E-state index contributed by atoms with van der Waals surface area (Å²) in [4.78, 5) is 18.4. The average Bonchev–Trinajstić information content (AvgIpc) is 3.11. The number of rotatable bonds is 8. The highest BCUT2D eigenvalue weighted by molar-refractivity contribution is 5.90. The smallest absolute Gasteiger partial charge is 0.336 e. The van der Waals surface area contributed by atoms with Gasteiger partial charge in [0.1, 0.15) is 5.75 Å². The Labute approximate surface area is 282 Å². The fourth-order valence-electron chi connectivity index (χ4n) is 8.21. The summed E-state index contributed by atoms with van der Waals surface area (Å²) >= 11 is 0. The number of benzene rings is 4. The summed E-state index contributed by atoms with van der Waals surface area (Å²) in [6.45, 7) is 5.26. The molecule has 8 heteroatoms. The van der Waals surface area contributed by atoms with Crippen molar-refractivity contribution in [3.8, 4) is 5.75 Å². The molecule has 1 unspecified atom stereocenters. The van der Waals surface area contributed by atoms with Crippen LogP contribution in [0.25, 0.3) is 0 Å². The second-order valence-electron chi connectivity index (χ2n) is 13.8. The molecule has 0 spiro atoms. The van der Waals surface area contributed by atoms with Gasteiger partial charge in [0, 0.05) is 63.1 Å². The number of hydrogen-bond donors (Lipinski definition) is 4. The van der Waals surface area contributed by atoms with Crippen molar-refractivity contribution in [1.82, 2.24) is 4.90 Å². The molecule has 0 saturated carbocycles. The molecule has 0 amide bonds. The maximum Gasteiger partial charge on any atom is 0.336 e. The van der Waals surface area contributed by atoms with E-state index in [1.807, 2.05) is 12.1 Å². The molecule has 0 bridgehead atoms. The molecule has 0 radical (unpaired) electrons. The highest BCUT2D eigenvalue weighted by Gasteiger charge is 2.36. The predicted octanol–water partition coefficient (Wildman–Crippen LogP) is 5.60. The Kier molecular flexibility index (Phi) is 9.14. The highest BCUT2D eigenvalue weighted by atomic mass is 16.4. The first kappa shape index (κ1) is 32.2. The van der Waals surface area contributed by atoms with Crippen LogP contribution >= 0.6 is 0 Å². The summed E-state index contributed by atoms with van der Waals surface area (Å²) in [6.07, 6.45) is 3.28. The number of carboxylic acids is 1. The van der Waals surface area contributed by atoms with Gasteiger partial charge in [0.05, 0.1) is 17.8 Å². The Hall–Kier alpha value is -4.37. The lowest BCUT2D eigenvalue weighted by Crippen LogP contribution is -2.55. The van der Waals surface area contributed by atoms with E-state index in [0.717, 1.165) is 44.7 Å². The average molecular weight is 648 g/mol. The minimum absolute atomic E-state index is 0.124. The quantitative estimate of drug-likeness (QED) is 0.196. The van der Waals surface area contributed by atoms with Crippen molar-refractivity contribution in [1.29, 1.82) is 0 Å². The molecule has 2 fully saturated rings. The van der Waals surface area contributed by atoms with Gasteiger partial charge in [-0.3, -0.25) is 4.90 Å². The Balaban J connectivity index is 0.968. The summed E-state index contributed by atoms with van der Waals surface area (Å²) in [6, 6.07) is 30.9. The zero-order valence-electron chi connectivity index (χ0n) is 27.3. The molecule has 4 aromatic rings. The largest absolute Gasteiger partial charge is 0.508 e. The van der Waals surface area contributed by atoms with Gasteiger partial charge >= 0.3 is 5.97 Å². The predicted molar refractivity (Wildman–Crippen MR) is 188 cm³/mol. The van der Waals surface area contributed by atoms with Gasteiger partial charge in [0.15, 0.2) is 0 Å². The number of fused-ring (bicyclic) bond motifs is 1. The number of carbonyl (C=O) groups is 1. The number of aliphatic hydroxyl groups is 2. The second-order valence-corrected chi connectivity index (χ2v) is 13.8. The molecule has 2 atom stereocenters. The lowest BCUT2D eigenvalue weighted by molar-refractivity contribution is -0.0173. The van der Waals surface area contributed by atoms with Gasteiger partial charge < -0.3 is 30.2 Å². The molecule has 7 rings (SSSR count). The molecule has 3 aliphatic rings. The van der Waals surface area contributed by atoms with Gasteiger partial charge in [-0.15, -0.1) is 0 Å². The molecule has 4 N–H and O–H groups in total. The number of anilines is 2. The van der Waals surface area contributed by atoms with Crippen LogP contribution in [0.15, 0.2) is 91.0 Å². The van der Waals surface area contributed by atoms with Gasteiger partial charge in [0.2, 0.25) is 0 Å². The van der Waals surface area contributed by atoms with Crippen molar-refractivity contribution in [2.45, 2.75) is 49.7 Å². The van der Waals surface area contributed by atoms with Crippen molar-refractivity contribution in [2.24, 2.45) is 0 Å². The molecular formula is C40H45N3O5. The van der Waals surface area contributed by atoms with Gasteiger partial charge in [0.25, 0.3) is 0 Å². The lowest BCUT2D eigenvalue weighted by Gasteiger charge is -2.44. The summed E-state index contributed by atoms with van der Waals surface area (Å²) in [5.41, 5.74) is 7.09. The van der Waals surface area contributed by atoms with Crippen LogP contribution in [0.2, 0.25) is 0 Å². The molecule has 4 aromatic carbocycles. The maximum atomic E-state index is 11.5. The summed E-state index contributed by atoms with van der Waals surface area (Å²) in [5.74, 6) is -0.0952. The molecule has 250 valence electrons. The van der Waals surface area contributed by atoms with Crippen LogP contribution in [0, 0.1) is 0 Å². The lowest BCUT2D eigenvalue weighted by atomic mass is 9.69. The Morgan fingerprint density at radius 2 is 1.46 bits per heavy atom. The standard InChI is InChI=1S/C40H45N3O5/c44-26-31-24-33(11-14-37(31)39(46)47)42-18-16-40(48,17-19-42)27-41-20-22-43(23-21-41)32-9-6-29(7-10-32)38-35(28-4-2-1-3-5-28)13-8-30-25-34(45)12-15-36(30)38/h1-7,9-12,14-15,24-25,35,38,44-45,48H,8,13,16-23,26-27H2,(H,46,47)/t35-,38?/m1/s1. The summed E-state index contributed by atoms with van der Waals surface area (Å²) in [7, 11) is 0. The fraction of sp³-hybridized carbons (Fsp3) is 0.375. The topological polar surface area (TPSA) is 108 Å². The zero-order chi connectivity index (χ0) is 33.3. The van der Waals surface area contributed by atoms with Crippen molar-refractivity contribution in [3.63, 3.8) is 0 Å². The summed E-state index contributed by atoms with van der Waals surface area (Å²) < 4.78 is 0. The van der Waals surface area contributed by atoms with Crippen molar-refractivity contribution in [2.75, 3.05) is 55.6 Å². The number of aromatic hydroxyl groups is 1. The van der Waals surface area contributed by atoms with Gasteiger partial charge in [-0.25, -0.2) is 4.79 Å². The van der Waals surface area contributed by atoms with E-state index in [1.165, 1.54) is 27.9 Å². The number of carboxylic acid groups (broad SMARTS) is 1. The highest BCUT2D eigenvalue weighted by Crippen LogP contribution is 2.47. The van der Waals surface area contributed by atoms with E-state index < -0.39 is 11.6 Å². The van der Waals surface area contributed by atoms with E-state index in [1.54, 1.807) is 18.2 Å². The SMILES string of the molecule is O=C(O)c1ccc(N2CCC(O)(CN3CCN(c4ccc(C5c6ccc(O)cc6CC[C@@H]5c5ccccc5)cc4)CC3)CC2)cc1CO. The number of piperazine rings is 1. The first-order valence-corrected chi connectivity index (χ1v) is 17.2. The van der Waals surface area contributed by atoms with E-state index in [0.29, 0.717) is 49.7 Å². The molecule has 1 aliphatic carbocycles. The number of piperidine rings is 1. The van der Waals surface area contributed by atoms with Crippen LogP contribution in [0.1, 0.15) is 69.3 Å². The number of phenolic OH excluding ortho intramolecular Hbond substituents is 1. The van der Waals surface area contributed by atoms with E-state index in [9.17, 15) is 25.2 Å². The first-order valence-electron chi connectivity index (χ1n) is 17.2. The molecule has 0 aromatic heterocycles. The Bertz CT molecular complexity index is 1730. The van der Waals surface area contributed by atoms with Crippen molar-refractivity contribution < 1.29 is 25.2 Å². The molecule has 48 heavy (non-hydrogen) atoms. The van der Waals surface area contributed by atoms with Gasteiger partial charge in [-0.2, -0.15) is 0 Å². The zero-order valence-corrected chi connectivity index (χ0v) is 27.3. The minimum atomic E-state index is -1.04. The van der Waals surface area contributed by atoms with Crippen LogP contribution in [0.3, 0.4) is 0 Å². The molecule has 2 aliphatic heterocycles. The van der Waals surface area contributed by atoms with Crippen LogP contribution in [0.5, 0.6) is 5.75 Å². The number of aliphatic hydroxyl groups excluding tert-OH is 1. The number of aryl methyl sites for hydroxylation is 1. The van der Waals surface area contributed by atoms with Crippen LogP contribution in [-0.2, 0) is 13.0 Å². The third kappa shape index (κ3) is 6.65. The molecule has 8 nitrogen and oxygen atoms in total. The van der Waals surface area contributed by atoms with Crippen molar-refractivity contribution in [3.05, 3.63) is 124 Å². The van der Waals surface area contributed by atoms with Crippen LogP contribution in [-0.4, -0.2) is 82.7 Å². The molecular weight excluding hydrogens is 602 g/mol. The van der Waals surface area contributed by atoms with Crippen molar-refractivity contribution >= 4 is 17.3 Å². The van der Waals surface area contributed by atoms with E-state index in [-0.39, 0.29) is 18.1 Å². The Morgan fingerprint density at radius 1 is 0.771 bits per heavy atom. The van der Waals surface area contributed by atoms with E-state index in [2.05, 4.69) is 75.4 Å². The molecule has 2 saturated heterocycles. The monoisotopic (exact) mass is 647 g/mol. The number of hydrogen-bond acceptors (Lipinski definition) is 7. The van der Waals surface area contributed by atoms with E-state index >= 15 is 0 Å². The Morgan fingerprint density at radius 3 is 2.15 bits per heavy atom. The van der Waals surface area contributed by atoms with Gasteiger partial charge in [-0.05, 0) is 102 Å². The normalized spacial score (nSPS) is 21.1. The molecule has 2 heterocycles. The van der Waals surface area contributed by atoms with Gasteiger partial charge in [-0.1, -0.05) is 48.5 Å². The van der Waals surface area contributed by atoms with Crippen LogP contribution in [0.4, 0.5) is 11.4 Å². The first-order chi connectivity index (χ1) is 23.3. The maximum absolute atomic E-state index is 11.5. The van der Waals surface area contributed by atoms with E-state index in [4.69, 9.17) is 0 Å². The number of phenols is 1. The number of aromatic carboxylic acids is 1. The third-order valence-corrected chi connectivity index (χ3v) is 10.9. The number of nitrogens with zero attached hydrogens (tertiary/aromatic N) is 3. The number of β-amino-alcohol motifs (C(OH)–C–C–N with tert-alkyl or cyclic N) is 1. The summed E-state index contributed by atoms with van der Waals surface area (Å²) in [5, 5.41) is 40.7. The second kappa shape index (κ2) is 13.6.